The van der Waals surface area contributed by atoms with Crippen LogP contribution in [0.4, 0.5) is 0 Å². The van der Waals surface area contributed by atoms with E-state index in [1.807, 2.05) is 27.7 Å². The number of rotatable bonds is 26. The van der Waals surface area contributed by atoms with Crippen LogP contribution in [0, 0.1) is 17.3 Å². The van der Waals surface area contributed by atoms with E-state index in [0.717, 1.165) is 38.7 Å². The zero-order valence-corrected chi connectivity index (χ0v) is 29.2. The van der Waals surface area contributed by atoms with Crippen LogP contribution in [0.2, 0.25) is 0 Å². The van der Waals surface area contributed by atoms with Crippen molar-refractivity contribution in [3.05, 3.63) is 0 Å². The molecule has 6 nitrogen and oxygen atoms in total. The molecule has 0 spiro atoms. The van der Waals surface area contributed by atoms with E-state index in [0.29, 0.717) is 56.5 Å². The fraction of sp³-hybridized carbons (Fsp3) is 0.943. The molecule has 0 saturated carbocycles. The van der Waals surface area contributed by atoms with Crippen molar-refractivity contribution in [2.75, 3.05) is 33.0 Å². The Morgan fingerprint density at radius 2 is 0.951 bits per heavy atom. The fourth-order valence-corrected chi connectivity index (χ4v) is 4.15. The normalized spacial score (nSPS) is 13.4. The molecule has 0 aliphatic heterocycles. The Morgan fingerprint density at radius 3 is 1.39 bits per heavy atom. The Balaban J connectivity index is 3.96. The van der Waals surface area contributed by atoms with Crippen molar-refractivity contribution < 1.29 is 28.5 Å². The minimum absolute atomic E-state index is 0.113. The number of Topliss-reactive ketones (excluding diaryl/α,β-unsaturated/α-hetero) is 2. The molecule has 0 aliphatic carbocycles. The zero-order valence-electron chi connectivity index (χ0n) is 29.2. The minimum Gasteiger partial charge on any atom is -0.377 e. The summed E-state index contributed by atoms with van der Waals surface area (Å²) in [6.45, 7) is 27.4. The van der Waals surface area contributed by atoms with E-state index in [9.17, 15) is 9.59 Å². The van der Waals surface area contributed by atoms with Gasteiger partial charge in [-0.15, -0.1) is 0 Å². The topological polar surface area (TPSA) is 71.1 Å². The molecule has 0 fully saturated rings. The number of carbonyl (C=O) groups is 2. The standard InChI is InChI=1S/C35H68O6/c1-28(2)32(5,6)22-18-14-13-16-20-30(36)34(9,10)40-26-24-38-25-27-41-35(11,12)31(37)21-17-15-19-23-39-33(7,8)29(3)4/h28-29H,13-27H2,1-12H3. The molecule has 0 radical (unpaired) electrons. The van der Waals surface area contributed by atoms with Crippen LogP contribution in [0.5, 0.6) is 0 Å². The number of hydrogen-bond donors (Lipinski definition) is 0. The summed E-state index contributed by atoms with van der Waals surface area (Å²) in [5.41, 5.74) is -1.36. The van der Waals surface area contributed by atoms with Crippen LogP contribution in [0.1, 0.15) is 147 Å². The second-order valence-corrected chi connectivity index (χ2v) is 14.7. The first-order valence-electron chi connectivity index (χ1n) is 16.4. The highest BCUT2D eigenvalue weighted by atomic mass is 16.6. The second kappa shape index (κ2) is 19.5. The average molecular weight is 585 g/mol. The van der Waals surface area contributed by atoms with Crippen molar-refractivity contribution in [2.45, 2.75) is 164 Å². The van der Waals surface area contributed by atoms with E-state index in [2.05, 4.69) is 55.4 Å². The van der Waals surface area contributed by atoms with Gasteiger partial charge in [-0.3, -0.25) is 9.59 Å². The summed E-state index contributed by atoms with van der Waals surface area (Å²) >= 11 is 0. The van der Waals surface area contributed by atoms with Crippen LogP contribution in [0.15, 0.2) is 0 Å². The first-order chi connectivity index (χ1) is 18.8. The van der Waals surface area contributed by atoms with Gasteiger partial charge in [0.2, 0.25) is 0 Å². The maximum atomic E-state index is 12.7. The molecule has 6 heteroatoms. The fourth-order valence-electron chi connectivity index (χ4n) is 4.15. The lowest BCUT2D eigenvalue weighted by Crippen LogP contribution is -2.37. The molecule has 0 atom stereocenters. The molecular weight excluding hydrogens is 516 g/mol. The molecule has 0 aromatic heterocycles. The lowest BCUT2D eigenvalue weighted by atomic mass is 9.77. The second-order valence-electron chi connectivity index (χ2n) is 14.7. The Hall–Kier alpha value is -0.820. The number of ether oxygens (including phenoxy) is 4. The number of hydrogen-bond acceptors (Lipinski definition) is 6. The third-order valence-corrected chi connectivity index (χ3v) is 9.17. The minimum atomic E-state index is -0.824. The maximum Gasteiger partial charge on any atom is 0.164 e. The molecule has 0 bridgehead atoms. The summed E-state index contributed by atoms with van der Waals surface area (Å²) < 4.78 is 23.3. The molecule has 0 heterocycles. The Bertz CT molecular complexity index is 660. The number of ketones is 2. The van der Waals surface area contributed by atoms with Gasteiger partial charge in [0.15, 0.2) is 11.6 Å². The Labute approximate surface area is 254 Å². The Kier molecular flexibility index (Phi) is 19.1. The zero-order chi connectivity index (χ0) is 31.7. The average Bonchev–Trinajstić information content (AvgIpc) is 2.86. The summed E-state index contributed by atoms with van der Waals surface area (Å²) in [6, 6.07) is 0. The van der Waals surface area contributed by atoms with E-state index in [4.69, 9.17) is 18.9 Å². The van der Waals surface area contributed by atoms with Gasteiger partial charge >= 0.3 is 0 Å². The third-order valence-electron chi connectivity index (χ3n) is 9.17. The Morgan fingerprint density at radius 1 is 0.512 bits per heavy atom. The SMILES string of the molecule is CC(C)C(C)(C)CCCCCCC(=O)C(C)(C)OCCOCCOC(C)(C)C(=O)CCCCCOC(C)(C)C(C)C. The highest BCUT2D eigenvalue weighted by molar-refractivity contribution is 5.86. The van der Waals surface area contributed by atoms with Gasteiger partial charge in [-0.05, 0) is 84.5 Å². The van der Waals surface area contributed by atoms with Crippen LogP contribution < -0.4 is 0 Å². The van der Waals surface area contributed by atoms with Crippen molar-refractivity contribution in [2.24, 2.45) is 17.3 Å². The van der Waals surface area contributed by atoms with E-state index in [1.165, 1.54) is 19.3 Å². The van der Waals surface area contributed by atoms with Crippen LogP contribution >= 0.6 is 0 Å². The lowest BCUT2D eigenvalue weighted by molar-refractivity contribution is -0.145. The van der Waals surface area contributed by atoms with Crippen molar-refractivity contribution in [3.63, 3.8) is 0 Å². The number of unbranched alkanes of at least 4 members (excludes halogenated alkanes) is 5. The quantitative estimate of drug-likeness (QED) is 0.0947. The van der Waals surface area contributed by atoms with Crippen molar-refractivity contribution in [1.82, 2.24) is 0 Å². The third kappa shape index (κ3) is 17.8. The summed E-state index contributed by atoms with van der Waals surface area (Å²) in [6.07, 6.45) is 9.47. The van der Waals surface area contributed by atoms with Gasteiger partial charge in [0, 0.05) is 19.4 Å². The van der Waals surface area contributed by atoms with E-state index >= 15 is 0 Å². The summed E-state index contributed by atoms with van der Waals surface area (Å²) in [4.78, 5) is 25.3. The molecule has 0 saturated heterocycles. The van der Waals surface area contributed by atoms with Crippen LogP contribution in [0.3, 0.4) is 0 Å². The van der Waals surface area contributed by atoms with Crippen LogP contribution in [-0.2, 0) is 28.5 Å². The first kappa shape index (κ1) is 40.2. The highest BCUT2D eigenvalue weighted by Crippen LogP contribution is 2.32. The van der Waals surface area contributed by atoms with Gasteiger partial charge in [-0.2, -0.15) is 0 Å². The summed E-state index contributed by atoms with van der Waals surface area (Å²) in [5.74, 6) is 1.42. The molecule has 0 rings (SSSR count). The van der Waals surface area contributed by atoms with Crippen LogP contribution in [0.25, 0.3) is 0 Å². The van der Waals surface area contributed by atoms with Gasteiger partial charge in [0.05, 0.1) is 32.0 Å². The van der Waals surface area contributed by atoms with Crippen LogP contribution in [-0.4, -0.2) is 61.4 Å². The predicted molar refractivity (Wildman–Crippen MR) is 171 cm³/mol. The van der Waals surface area contributed by atoms with Gasteiger partial charge in [0.1, 0.15) is 11.2 Å². The van der Waals surface area contributed by atoms with Gasteiger partial charge in [0.25, 0.3) is 0 Å². The highest BCUT2D eigenvalue weighted by Gasteiger charge is 2.29. The van der Waals surface area contributed by atoms with Gasteiger partial charge < -0.3 is 18.9 Å². The lowest BCUT2D eigenvalue weighted by Gasteiger charge is -2.29. The van der Waals surface area contributed by atoms with Crippen molar-refractivity contribution in [1.29, 1.82) is 0 Å². The molecule has 41 heavy (non-hydrogen) atoms. The monoisotopic (exact) mass is 585 g/mol. The molecule has 0 aromatic rings. The first-order valence-corrected chi connectivity index (χ1v) is 16.4. The smallest absolute Gasteiger partial charge is 0.164 e. The number of carbonyl (C=O) groups excluding carboxylic acids is 2. The predicted octanol–water partition coefficient (Wildman–Crippen LogP) is 8.77. The molecule has 0 aromatic carbocycles. The van der Waals surface area contributed by atoms with E-state index < -0.39 is 11.2 Å². The van der Waals surface area contributed by atoms with Crippen molar-refractivity contribution >= 4 is 11.6 Å². The molecule has 0 aliphatic rings. The molecule has 244 valence electrons. The largest absolute Gasteiger partial charge is 0.377 e. The van der Waals surface area contributed by atoms with E-state index in [-0.39, 0.29) is 17.2 Å². The van der Waals surface area contributed by atoms with Crippen molar-refractivity contribution in [3.8, 4) is 0 Å². The summed E-state index contributed by atoms with van der Waals surface area (Å²) in [5, 5.41) is 0. The maximum absolute atomic E-state index is 12.7. The summed E-state index contributed by atoms with van der Waals surface area (Å²) in [7, 11) is 0. The van der Waals surface area contributed by atoms with E-state index in [1.54, 1.807) is 0 Å². The molecule has 0 N–H and O–H groups in total. The van der Waals surface area contributed by atoms with Gasteiger partial charge in [-0.25, -0.2) is 0 Å². The molecule has 0 unspecified atom stereocenters. The van der Waals surface area contributed by atoms with Gasteiger partial charge in [-0.1, -0.05) is 67.2 Å². The molecular formula is C35H68O6. The molecule has 0 amide bonds.